The monoisotopic (exact) mass is 219 g/mol. The third-order valence-electron chi connectivity index (χ3n) is 1.08. The molecular weight excluding hydrogens is 210 g/mol. The van der Waals surface area contributed by atoms with Gasteiger partial charge in [0.1, 0.15) is 4.34 Å². The van der Waals surface area contributed by atoms with E-state index in [0.717, 1.165) is 10.0 Å². The van der Waals surface area contributed by atoms with Crippen molar-refractivity contribution in [1.29, 1.82) is 5.41 Å². The molecule has 0 saturated carbocycles. The Bertz CT molecular complexity index is 271. The molecule has 0 radical (unpaired) electrons. The van der Waals surface area contributed by atoms with Gasteiger partial charge in [-0.3, -0.25) is 5.41 Å². The molecule has 1 aromatic heterocycles. The van der Waals surface area contributed by atoms with Crippen LogP contribution < -0.4 is 5.73 Å². The van der Waals surface area contributed by atoms with Crippen LogP contribution in [0, 0.1) is 5.41 Å². The van der Waals surface area contributed by atoms with Crippen LogP contribution in [-0.2, 0) is 5.75 Å². The van der Waals surface area contributed by atoms with Crippen LogP contribution in [0.15, 0.2) is 9.72 Å². The maximum absolute atomic E-state index is 7.01. The molecular formula is C6H9N3S3. The first-order chi connectivity index (χ1) is 5.72. The van der Waals surface area contributed by atoms with Crippen molar-refractivity contribution in [1.82, 2.24) is 4.98 Å². The normalized spacial score (nSPS) is 10.1. The SMILES string of the molecule is CSc1nc(CSC(=N)N)cs1. The summed E-state index contributed by atoms with van der Waals surface area (Å²) < 4.78 is 1.06. The van der Waals surface area contributed by atoms with Crippen molar-refractivity contribution < 1.29 is 0 Å². The first kappa shape index (κ1) is 9.88. The van der Waals surface area contributed by atoms with Crippen LogP contribution in [0.3, 0.4) is 0 Å². The van der Waals surface area contributed by atoms with Crippen LogP contribution in [0.5, 0.6) is 0 Å². The highest BCUT2D eigenvalue weighted by Crippen LogP contribution is 2.22. The Morgan fingerprint density at radius 1 is 1.83 bits per heavy atom. The number of thioether (sulfide) groups is 2. The predicted molar refractivity (Wildman–Crippen MR) is 57.1 cm³/mol. The van der Waals surface area contributed by atoms with Crippen molar-refractivity contribution in [2.45, 2.75) is 10.1 Å². The minimum absolute atomic E-state index is 0.147. The van der Waals surface area contributed by atoms with Crippen LogP contribution in [0.2, 0.25) is 0 Å². The third kappa shape index (κ3) is 3.04. The van der Waals surface area contributed by atoms with Gasteiger partial charge in [-0.1, -0.05) is 23.5 Å². The molecule has 0 bridgehead atoms. The molecule has 0 aliphatic carbocycles. The summed E-state index contributed by atoms with van der Waals surface area (Å²) in [5.74, 6) is 0.701. The predicted octanol–water partition coefficient (Wildman–Crippen LogP) is 1.99. The standard InChI is InChI=1S/C6H9N3S3/c1-10-6-9-4(3-12-6)2-11-5(7)8/h3H,2H2,1H3,(H3,7,8). The number of hydrogen-bond acceptors (Lipinski definition) is 5. The Hall–Kier alpha value is -0.200. The first-order valence-electron chi connectivity index (χ1n) is 3.17. The number of nitrogens with two attached hydrogens (primary N) is 1. The maximum atomic E-state index is 7.01. The van der Waals surface area contributed by atoms with Crippen molar-refractivity contribution in [3.8, 4) is 0 Å². The van der Waals surface area contributed by atoms with E-state index in [2.05, 4.69) is 4.98 Å². The van der Waals surface area contributed by atoms with Crippen LogP contribution in [0.25, 0.3) is 0 Å². The van der Waals surface area contributed by atoms with E-state index < -0.39 is 0 Å². The Morgan fingerprint density at radius 3 is 3.08 bits per heavy atom. The van der Waals surface area contributed by atoms with E-state index in [9.17, 15) is 0 Å². The van der Waals surface area contributed by atoms with Gasteiger partial charge >= 0.3 is 0 Å². The minimum Gasteiger partial charge on any atom is -0.379 e. The molecule has 0 spiro atoms. The van der Waals surface area contributed by atoms with Crippen LogP contribution in [-0.4, -0.2) is 16.4 Å². The van der Waals surface area contributed by atoms with E-state index in [-0.39, 0.29) is 5.17 Å². The summed E-state index contributed by atoms with van der Waals surface area (Å²) >= 11 is 4.57. The van der Waals surface area contributed by atoms with Crippen molar-refractivity contribution in [2.24, 2.45) is 5.73 Å². The highest BCUT2D eigenvalue weighted by molar-refractivity contribution is 8.13. The Morgan fingerprint density at radius 2 is 2.58 bits per heavy atom. The second kappa shape index (κ2) is 4.74. The van der Waals surface area contributed by atoms with Crippen LogP contribution in [0.4, 0.5) is 0 Å². The van der Waals surface area contributed by atoms with E-state index in [1.165, 1.54) is 11.8 Å². The van der Waals surface area contributed by atoms with Crippen molar-refractivity contribution in [2.75, 3.05) is 6.26 Å². The fourth-order valence-corrected chi connectivity index (χ4v) is 2.44. The molecule has 6 heteroatoms. The molecule has 0 atom stereocenters. The van der Waals surface area contributed by atoms with Gasteiger partial charge in [-0.25, -0.2) is 4.98 Å². The molecule has 12 heavy (non-hydrogen) atoms. The fraction of sp³-hybridized carbons (Fsp3) is 0.333. The second-order valence-electron chi connectivity index (χ2n) is 1.96. The largest absolute Gasteiger partial charge is 0.379 e. The van der Waals surface area contributed by atoms with E-state index in [0.29, 0.717) is 5.75 Å². The average molecular weight is 219 g/mol. The number of hydrogen-bond donors (Lipinski definition) is 2. The molecule has 0 amide bonds. The highest BCUT2D eigenvalue weighted by Gasteiger charge is 2.01. The average Bonchev–Trinajstić information content (AvgIpc) is 2.48. The van der Waals surface area contributed by atoms with Gasteiger partial charge in [-0.2, -0.15) is 0 Å². The fourth-order valence-electron chi connectivity index (χ4n) is 0.600. The van der Waals surface area contributed by atoms with Gasteiger partial charge in [-0.05, 0) is 6.26 Å². The zero-order chi connectivity index (χ0) is 8.97. The molecule has 0 aromatic carbocycles. The molecule has 0 unspecified atom stereocenters. The molecule has 0 aliphatic heterocycles. The Balaban J connectivity index is 2.47. The second-order valence-corrected chi connectivity index (χ2v) is 4.89. The Kier molecular flexibility index (Phi) is 3.90. The summed E-state index contributed by atoms with van der Waals surface area (Å²) in [6.07, 6.45) is 2.00. The first-order valence-corrected chi connectivity index (χ1v) is 6.26. The lowest BCUT2D eigenvalue weighted by Gasteiger charge is -1.92. The van der Waals surface area contributed by atoms with Gasteiger partial charge in [0.25, 0.3) is 0 Å². The van der Waals surface area contributed by atoms with E-state index in [1.54, 1.807) is 23.1 Å². The van der Waals surface area contributed by atoms with Gasteiger partial charge in [0.2, 0.25) is 0 Å². The maximum Gasteiger partial charge on any atom is 0.151 e. The van der Waals surface area contributed by atoms with Gasteiger partial charge in [0.05, 0.1) is 5.69 Å². The number of thiazole rings is 1. The van der Waals surface area contributed by atoms with E-state index in [4.69, 9.17) is 11.1 Å². The number of rotatable bonds is 3. The summed E-state index contributed by atoms with van der Waals surface area (Å²) in [5, 5.41) is 9.16. The summed E-state index contributed by atoms with van der Waals surface area (Å²) in [4.78, 5) is 4.31. The number of aromatic nitrogens is 1. The lowest BCUT2D eigenvalue weighted by atomic mass is 10.6. The Labute approximate surface area is 83.7 Å². The summed E-state index contributed by atoms with van der Waals surface area (Å²) in [5.41, 5.74) is 6.20. The zero-order valence-corrected chi connectivity index (χ0v) is 8.98. The van der Waals surface area contributed by atoms with Crippen molar-refractivity contribution in [3.05, 3.63) is 11.1 Å². The topological polar surface area (TPSA) is 62.8 Å². The minimum atomic E-state index is 0.147. The van der Waals surface area contributed by atoms with Crippen molar-refractivity contribution >= 4 is 40.0 Å². The van der Waals surface area contributed by atoms with Gasteiger partial charge in [0, 0.05) is 11.1 Å². The lowest BCUT2D eigenvalue weighted by Crippen LogP contribution is -2.03. The molecule has 0 saturated heterocycles. The molecule has 1 heterocycles. The summed E-state index contributed by atoms with van der Waals surface area (Å²) in [7, 11) is 0. The summed E-state index contributed by atoms with van der Waals surface area (Å²) in [6, 6.07) is 0. The molecule has 0 aliphatic rings. The van der Waals surface area contributed by atoms with E-state index >= 15 is 0 Å². The van der Waals surface area contributed by atoms with E-state index in [1.807, 2.05) is 11.6 Å². The van der Waals surface area contributed by atoms with Crippen LogP contribution in [0.1, 0.15) is 5.69 Å². The third-order valence-corrected chi connectivity index (χ3v) is 3.74. The zero-order valence-electron chi connectivity index (χ0n) is 6.53. The highest BCUT2D eigenvalue weighted by atomic mass is 32.2. The molecule has 66 valence electrons. The van der Waals surface area contributed by atoms with Gasteiger partial charge in [0.15, 0.2) is 5.17 Å². The van der Waals surface area contributed by atoms with Crippen LogP contribution >= 0.6 is 34.9 Å². The van der Waals surface area contributed by atoms with Gasteiger partial charge in [-0.15, -0.1) is 11.3 Å². The molecule has 0 fully saturated rings. The van der Waals surface area contributed by atoms with Gasteiger partial charge < -0.3 is 5.73 Å². The quantitative estimate of drug-likeness (QED) is 0.463. The molecule has 3 nitrogen and oxygen atoms in total. The van der Waals surface area contributed by atoms with Crippen molar-refractivity contribution in [3.63, 3.8) is 0 Å². The molecule has 1 rings (SSSR count). The smallest absolute Gasteiger partial charge is 0.151 e. The molecule has 1 aromatic rings. The number of nitrogens with zero attached hydrogens (tertiary/aromatic N) is 1. The summed E-state index contributed by atoms with van der Waals surface area (Å²) in [6.45, 7) is 0. The molecule has 3 N–H and O–H groups in total. The number of nitrogens with one attached hydrogen (secondary N) is 1. The lowest BCUT2D eigenvalue weighted by molar-refractivity contribution is 1.14. The number of amidine groups is 1.